The predicted octanol–water partition coefficient (Wildman–Crippen LogP) is 3.12. The maximum Gasteiger partial charge on any atom is 0.227 e. The van der Waals surface area contributed by atoms with Gasteiger partial charge in [-0.2, -0.15) is 0 Å². The molecule has 1 aromatic rings. The number of hydrogen-bond acceptors (Lipinski definition) is 2. The van der Waals surface area contributed by atoms with Gasteiger partial charge in [0.1, 0.15) is 0 Å². The fraction of sp³-hybridized carbons (Fsp3) is 0.588. The van der Waals surface area contributed by atoms with E-state index in [1.807, 2.05) is 42.2 Å². The van der Waals surface area contributed by atoms with Crippen LogP contribution in [0.4, 0.5) is 0 Å². The van der Waals surface area contributed by atoms with Crippen molar-refractivity contribution < 1.29 is 4.79 Å². The molecule has 1 aliphatic rings. The van der Waals surface area contributed by atoms with E-state index >= 15 is 0 Å². The smallest absolute Gasteiger partial charge is 0.227 e. The fourth-order valence-electron chi connectivity index (χ4n) is 2.87. The van der Waals surface area contributed by atoms with E-state index in [2.05, 4.69) is 0 Å². The highest BCUT2D eigenvalue weighted by atomic mass is 16.2. The number of amides is 1. The maximum atomic E-state index is 12.6. The first-order valence-electron chi connectivity index (χ1n) is 7.79. The minimum absolute atomic E-state index is 0.156. The Kier molecular flexibility index (Phi) is 5.60. The van der Waals surface area contributed by atoms with E-state index in [0.717, 1.165) is 31.5 Å². The summed E-state index contributed by atoms with van der Waals surface area (Å²) in [5.74, 6) is 0.0556. The molecule has 110 valence electrons. The van der Waals surface area contributed by atoms with Crippen LogP contribution in [0.1, 0.15) is 50.6 Å². The SMILES string of the molecule is C[C@H](C(=O)N1CCCCCCC1)[C@H](N)c1ccccc1. The van der Waals surface area contributed by atoms with E-state index in [1.54, 1.807) is 0 Å². The van der Waals surface area contributed by atoms with Crippen molar-refractivity contribution in [2.24, 2.45) is 11.7 Å². The summed E-state index contributed by atoms with van der Waals surface area (Å²) in [7, 11) is 0. The highest BCUT2D eigenvalue weighted by Crippen LogP contribution is 2.22. The second kappa shape index (κ2) is 7.44. The second-order valence-electron chi connectivity index (χ2n) is 5.82. The summed E-state index contributed by atoms with van der Waals surface area (Å²) in [5.41, 5.74) is 7.31. The van der Waals surface area contributed by atoms with Crippen molar-refractivity contribution in [3.8, 4) is 0 Å². The van der Waals surface area contributed by atoms with E-state index in [9.17, 15) is 4.79 Å². The maximum absolute atomic E-state index is 12.6. The van der Waals surface area contributed by atoms with E-state index in [0.29, 0.717) is 0 Å². The first kappa shape index (κ1) is 15.0. The van der Waals surface area contributed by atoms with Crippen LogP contribution in [-0.2, 0) is 4.79 Å². The van der Waals surface area contributed by atoms with Gasteiger partial charge in [-0.15, -0.1) is 0 Å². The van der Waals surface area contributed by atoms with Crippen LogP contribution in [0.25, 0.3) is 0 Å². The molecular formula is C17H26N2O. The Morgan fingerprint density at radius 1 is 1.05 bits per heavy atom. The lowest BCUT2D eigenvalue weighted by Gasteiger charge is -2.30. The summed E-state index contributed by atoms with van der Waals surface area (Å²) in [6.45, 7) is 3.74. The fourth-order valence-corrected chi connectivity index (χ4v) is 2.87. The van der Waals surface area contributed by atoms with Crippen molar-refractivity contribution >= 4 is 5.91 Å². The Bertz CT molecular complexity index is 410. The molecule has 0 unspecified atom stereocenters. The highest BCUT2D eigenvalue weighted by molar-refractivity contribution is 5.79. The van der Waals surface area contributed by atoms with E-state index in [4.69, 9.17) is 5.73 Å². The van der Waals surface area contributed by atoms with Gasteiger partial charge in [0.05, 0.1) is 5.92 Å². The summed E-state index contributed by atoms with van der Waals surface area (Å²) >= 11 is 0. The van der Waals surface area contributed by atoms with Crippen LogP contribution in [0.5, 0.6) is 0 Å². The number of hydrogen-bond donors (Lipinski definition) is 1. The molecular weight excluding hydrogens is 248 g/mol. The minimum Gasteiger partial charge on any atom is -0.342 e. The minimum atomic E-state index is -0.214. The number of carbonyl (C=O) groups is 1. The zero-order chi connectivity index (χ0) is 14.4. The Morgan fingerprint density at radius 3 is 2.20 bits per heavy atom. The lowest BCUT2D eigenvalue weighted by molar-refractivity contribution is -0.136. The van der Waals surface area contributed by atoms with E-state index < -0.39 is 0 Å². The largest absolute Gasteiger partial charge is 0.342 e. The summed E-state index contributed by atoms with van der Waals surface area (Å²) in [5, 5.41) is 0. The number of benzene rings is 1. The molecule has 3 heteroatoms. The van der Waals surface area contributed by atoms with Crippen molar-refractivity contribution in [3.63, 3.8) is 0 Å². The number of nitrogens with two attached hydrogens (primary N) is 1. The monoisotopic (exact) mass is 274 g/mol. The zero-order valence-electron chi connectivity index (χ0n) is 12.4. The Balaban J connectivity index is 1.99. The molecule has 1 aliphatic heterocycles. The molecule has 1 saturated heterocycles. The van der Waals surface area contributed by atoms with Gasteiger partial charge < -0.3 is 10.6 Å². The van der Waals surface area contributed by atoms with Gasteiger partial charge in [-0.05, 0) is 18.4 Å². The summed E-state index contributed by atoms with van der Waals surface area (Å²) < 4.78 is 0. The van der Waals surface area contributed by atoms with Crippen molar-refractivity contribution in [1.82, 2.24) is 4.90 Å². The van der Waals surface area contributed by atoms with Gasteiger partial charge in [0.2, 0.25) is 5.91 Å². The molecule has 0 saturated carbocycles. The van der Waals surface area contributed by atoms with Gasteiger partial charge in [0.15, 0.2) is 0 Å². The molecule has 3 nitrogen and oxygen atoms in total. The number of carbonyl (C=O) groups excluding carboxylic acids is 1. The molecule has 0 radical (unpaired) electrons. The van der Waals surface area contributed by atoms with Crippen LogP contribution < -0.4 is 5.73 Å². The standard InChI is InChI=1S/C17H26N2O/c1-14(16(18)15-10-6-5-7-11-15)17(20)19-12-8-3-2-4-9-13-19/h5-7,10-11,14,16H,2-4,8-9,12-13,18H2,1H3/t14-,16-/m0/s1. The Morgan fingerprint density at radius 2 is 1.60 bits per heavy atom. The number of nitrogens with zero attached hydrogens (tertiary/aromatic N) is 1. The quantitative estimate of drug-likeness (QED) is 0.920. The third-order valence-corrected chi connectivity index (χ3v) is 4.28. The Labute approximate surface area is 122 Å². The van der Waals surface area contributed by atoms with Crippen molar-refractivity contribution in [3.05, 3.63) is 35.9 Å². The highest BCUT2D eigenvalue weighted by Gasteiger charge is 2.26. The molecule has 20 heavy (non-hydrogen) atoms. The molecule has 2 atom stereocenters. The van der Waals surface area contributed by atoms with Gasteiger partial charge in [-0.25, -0.2) is 0 Å². The third kappa shape index (κ3) is 3.83. The molecule has 0 spiro atoms. The lowest BCUT2D eigenvalue weighted by atomic mass is 9.93. The van der Waals surface area contributed by atoms with Gasteiger partial charge in [0, 0.05) is 19.1 Å². The first-order valence-corrected chi connectivity index (χ1v) is 7.79. The predicted molar refractivity (Wildman–Crippen MR) is 82.2 cm³/mol. The molecule has 1 aromatic carbocycles. The van der Waals surface area contributed by atoms with Crippen LogP contribution in [-0.4, -0.2) is 23.9 Å². The van der Waals surface area contributed by atoms with Crippen molar-refractivity contribution in [2.45, 2.75) is 45.1 Å². The van der Waals surface area contributed by atoms with E-state index in [-0.39, 0.29) is 17.9 Å². The molecule has 0 aromatic heterocycles. The second-order valence-corrected chi connectivity index (χ2v) is 5.82. The molecule has 1 fully saturated rings. The molecule has 2 rings (SSSR count). The first-order chi connectivity index (χ1) is 9.70. The van der Waals surface area contributed by atoms with Gasteiger partial charge in [0.25, 0.3) is 0 Å². The molecule has 1 heterocycles. The summed E-state index contributed by atoms with van der Waals surface area (Å²) in [4.78, 5) is 14.6. The lowest BCUT2D eigenvalue weighted by Crippen LogP contribution is -2.40. The van der Waals surface area contributed by atoms with Crippen molar-refractivity contribution in [1.29, 1.82) is 0 Å². The number of rotatable bonds is 3. The van der Waals surface area contributed by atoms with Crippen LogP contribution in [0.15, 0.2) is 30.3 Å². The van der Waals surface area contributed by atoms with Crippen LogP contribution >= 0.6 is 0 Å². The van der Waals surface area contributed by atoms with E-state index in [1.165, 1.54) is 19.3 Å². The normalized spacial score (nSPS) is 19.8. The van der Waals surface area contributed by atoms with Gasteiger partial charge in [-0.1, -0.05) is 56.5 Å². The summed E-state index contributed by atoms with van der Waals surface area (Å²) in [6, 6.07) is 9.71. The average Bonchev–Trinajstić information content (AvgIpc) is 2.46. The van der Waals surface area contributed by atoms with Crippen LogP contribution in [0.2, 0.25) is 0 Å². The zero-order valence-corrected chi connectivity index (χ0v) is 12.4. The molecule has 1 amide bonds. The van der Waals surface area contributed by atoms with Gasteiger partial charge in [-0.3, -0.25) is 4.79 Å². The topological polar surface area (TPSA) is 46.3 Å². The van der Waals surface area contributed by atoms with Crippen molar-refractivity contribution in [2.75, 3.05) is 13.1 Å². The number of likely N-dealkylation sites (tertiary alicyclic amines) is 1. The average molecular weight is 274 g/mol. The molecule has 2 N–H and O–H groups in total. The third-order valence-electron chi connectivity index (χ3n) is 4.28. The molecule has 0 bridgehead atoms. The molecule has 0 aliphatic carbocycles. The summed E-state index contributed by atoms with van der Waals surface area (Å²) in [6.07, 6.45) is 6.03. The van der Waals surface area contributed by atoms with Crippen LogP contribution in [0, 0.1) is 5.92 Å². The van der Waals surface area contributed by atoms with Crippen LogP contribution in [0.3, 0.4) is 0 Å². The van der Waals surface area contributed by atoms with Gasteiger partial charge >= 0.3 is 0 Å². The Hall–Kier alpha value is -1.35.